The Morgan fingerprint density at radius 1 is 0.561 bits per heavy atom. The molecule has 9 aromatic rings. The Hall–Kier alpha value is -6.73. The lowest BCUT2D eigenvalue weighted by molar-refractivity contribution is 0.409. The zero-order chi connectivity index (χ0) is 37.5. The zero-order valence-corrected chi connectivity index (χ0v) is 31.7. The van der Waals surface area contributed by atoms with E-state index in [0.717, 1.165) is 38.9 Å². The van der Waals surface area contributed by atoms with Gasteiger partial charge in [-0.3, -0.25) is 5.32 Å². The van der Waals surface area contributed by atoms with E-state index in [-0.39, 0.29) is 18.4 Å². The molecule has 2 aromatic heterocycles. The van der Waals surface area contributed by atoms with Crippen molar-refractivity contribution in [3.05, 3.63) is 204 Å². The lowest BCUT2D eigenvalue weighted by atomic mass is 9.91. The molecule has 0 saturated heterocycles. The summed E-state index contributed by atoms with van der Waals surface area (Å²) in [6, 6.07) is 57.0. The largest absolute Gasteiger partial charge is 0.456 e. The molecule has 6 heteroatoms. The maximum absolute atomic E-state index is 6.41. The summed E-state index contributed by atoms with van der Waals surface area (Å²) in [5, 5.41) is 12.2. The normalized spacial score (nSPS) is 19.9. The van der Waals surface area contributed by atoms with E-state index in [1.165, 1.54) is 53.8 Å². The number of allylic oxidation sites excluding steroid dienone is 2. The highest BCUT2D eigenvalue weighted by Gasteiger charge is 2.37. The minimum absolute atomic E-state index is 0.0726. The molecule has 272 valence electrons. The van der Waals surface area contributed by atoms with Gasteiger partial charge in [-0.2, -0.15) is 0 Å². The van der Waals surface area contributed by atoms with Gasteiger partial charge in [0.25, 0.3) is 0 Å². The standard InChI is InChI=1S/C51H36N4OS/c1-3-11-31(12-4-1)49-52-50(32-13-5-2-6-14-32)54-51(53-49)35-20-24-40-39-23-19-34(28-47(39)57-48(40)29-35)33-21-25-45-41(27-33)42-30-36(22-26-46(42)56-45)55-43-17-9-7-15-37(43)38-16-8-10-18-44(38)55/h1-30,37,43,49,51,53H,(H,52,54). The number of hydrogen-bond acceptors (Lipinski definition) is 6. The Kier molecular flexibility index (Phi) is 7.37. The van der Waals surface area contributed by atoms with E-state index < -0.39 is 0 Å². The van der Waals surface area contributed by atoms with Crippen molar-refractivity contribution in [2.24, 2.45) is 4.99 Å². The first kappa shape index (κ1) is 32.5. The van der Waals surface area contributed by atoms with Crippen LogP contribution in [0.25, 0.3) is 53.2 Å². The fourth-order valence-corrected chi connectivity index (χ4v) is 10.3. The van der Waals surface area contributed by atoms with E-state index in [9.17, 15) is 0 Å². The third-order valence-corrected chi connectivity index (χ3v) is 13.0. The van der Waals surface area contributed by atoms with Gasteiger partial charge in [0.1, 0.15) is 29.3 Å². The number of aliphatic imine (C=N–C) groups is 1. The minimum atomic E-state index is -0.202. The third-order valence-electron chi connectivity index (χ3n) is 11.9. The maximum Gasteiger partial charge on any atom is 0.135 e. The van der Waals surface area contributed by atoms with Crippen LogP contribution in [0.15, 0.2) is 191 Å². The van der Waals surface area contributed by atoms with Gasteiger partial charge in [0.2, 0.25) is 0 Å². The molecule has 0 saturated carbocycles. The van der Waals surface area contributed by atoms with Crippen LogP contribution in [-0.4, -0.2) is 11.9 Å². The zero-order valence-electron chi connectivity index (χ0n) is 30.8. The molecule has 2 aliphatic heterocycles. The molecule has 4 atom stereocenters. The van der Waals surface area contributed by atoms with Crippen molar-refractivity contribution in [1.29, 1.82) is 0 Å². The quantitative estimate of drug-likeness (QED) is 0.184. The fourth-order valence-electron chi connectivity index (χ4n) is 9.12. The second-order valence-electron chi connectivity index (χ2n) is 15.2. The summed E-state index contributed by atoms with van der Waals surface area (Å²) in [6.45, 7) is 0. The van der Waals surface area contributed by atoms with Crippen molar-refractivity contribution in [1.82, 2.24) is 10.6 Å². The van der Waals surface area contributed by atoms with Crippen molar-refractivity contribution in [2.45, 2.75) is 24.3 Å². The number of anilines is 2. The summed E-state index contributed by atoms with van der Waals surface area (Å²) in [6.07, 6.45) is 8.73. The highest BCUT2D eigenvalue weighted by Crippen LogP contribution is 2.48. The molecular weight excluding hydrogens is 717 g/mol. The van der Waals surface area contributed by atoms with Crippen molar-refractivity contribution >= 4 is 70.7 Å². The van der Waals surface area contributed by atoms with Crippen LogP contribution < -0.4 is 15.5 Å². The second kappa shape index (κ2) is 12.9. The summed E-state index contributed by atoms with van der Waals surface area (Å²) in [7, 11) is 0. The van der Waals surface area contributed by atoms with Gasteiger partial charge < -0.3 is 14.6 Å². The molecule has 0 amide bonds. The maximum atomic E-state index is 6.41. The lowest BCUT2D eigenvalue weighted by Gasteiger charge is -2.32. The van der Waals surface area contributed by atoms with Crippen molar-refractivity contribution < 1.29 is 4.42 Å². The number of rotatable bonds is 5. The number of hydrogen-bond donors (Lipinski definition) is 2. The van der Waals surface area contributed by atoms with Crippen molar-refractivity contribution in [3.8, 4) is 11.1 Å². The number of amidine groups is 1. The van der Waals surface area contributed by atoms with Crippen LogP contribution >= 0.6 is 11.3 Å². The van der Waals surface area contributed by atoms with Crippen molar-refractivity contribution in [3.63, 3.8) is 0 Å². The van der Waals surface area contributed by atoms with Crippen LogP contribution in [0.3, 0.4) is 0 Å². The van der Waals surface area contributed by atoms with E-state index in [1.54, 1.807) is 0 Å². The Bertz CT molecular complexity index is 3120. The van der Waals surface area contributed by atoms with Gasteiger partial charge in [-0.1, -0.05) is 133 Å². The molecule has 2 N–H and O–H groups in total. The van der Waals surface area contributed by atoms with Gasteiger partial charge in [0.05, 0.1) is 6.04 Å². The van der Waals surface area contributed by atoms with Crippen LogP contribution in [0.1, 0.15) is 40.5 Å². The molecule has 1 aliphatic carbocycles. The highest BCUT2D eigenvalue weighted by molar-refractivity contribution is 7.25. The predicted octanol–water partition coefficient (Wildman–Crippen LogP) is 12.7. The number of benzene rings is 7. The van der Waals surface area contributed by atoms with E-state index in [1.807, 2.05) is 17.4 Å². The first-order chi connectivity index (χ1) is 28.2. The van der Waals surface area contributed by atoms with Crippen LogP contribution in [0, 0.1) is 0 Å². The number of fused-ring (bicyclic) bond motifs is 9. The van der Waals surface area contributed by atoms with Crippen LogP contribution in [-0.2, 0) is 0 Å². The number of thiophene rings is 1. The first-order valence-corrected chi connectivity index (χ1v) is 20.4. The first-order valence-electron chi connectivity index (χ1n) is 19.6. The third kappa shape index (κ3) is 5.36. The van der Waals surface area contributed by atoms with E-state index >= 15 is 0 Å². The highest BCUT2D eigenvalue weighted by atomic mass is 32.1. The van der Waals surface area contributed by atoms with Gasteiger partial charge in [-0.05, 0) is 76.3 Å². The van der Waals surface area contributed by atoms with Gasteiger partial charge in [0.15, 0.2) is 0 Å². The van der Waals surface area contributed by atoms with Gasteiger partial charge >= 0.3 is 0 Å². The summed E-state index contributed by atoms with van der Waals surface area (Å²) >= 11 is 1.84. The fraction of sp³-hybridized carbons (Fsp3) is 0.0784. The van der Waals surface area contributed by atoms with Crippen LogP contribution in [0.4, 0.5) is 11.4 Å². The number of furan rings is 1. The average Bonchev–Trinajstić information content (AvgIpc) is 3.95. The Morgan fingerprint density at radius 3 is 2.14 bits per heavy atom. The van der Waals surface area contributed by atoms with Crippen LogP contribution in [0.5, 0.6) is 0 Å². The second-order valence-corrected chi connectivity index (χ2v) is 16.3. The van der Waals surface area contributed by atoms with Crippen LogP contribution in [0.2, 0.25) is 0 Å². The molecule has 0 fully saturated rings. The Morgan fingerprint density at radius 2 is 1.26 bits per heavy atom. The molecule has 7 aromatic carbocycles. The molecule has 12 rings (SSSR count). The molecule has 4 heterocycles. The number of nitrogens with zero attached hydrogens (tertiary/aromatic N) is 2. The van der Waals surface area contributed by atoms with Crippen molar-refractivity contribution in [2.75, 3.05) is 4.90 Å². The monoisotopic (exact) mass is 752 g/mol. The number of para-hydroxylation sites is 1. The summed E-state index contributed by atoms with van der Waals surface area (Å²) in [4.78, 5) is 7.68. The van der Waals surface area contributed by atoms with Gasteiger partial charge in [-0.15, -0.1) is 11.3 Å². The minimum Gasteiger partial charge on any atom is -0.456 e. The predicted molar refractivity (Wildman–Crippen MR) is 237 cm³/mol. The summed E-state index contributed by atoms with van der Waals surface area (Å²) in [5.41, 5.74) is 11.4. The molecule has 57 heavy (non-hydrogen) atoms. The molecule has 0 bridgehead atoms. The topological polar surface area (TPSA) is 52.8 Å². The molecule has 4 unspecified atom stereocenters. The Labute approximate surface area is 333 Å². The molecule has 5 nitrogen and oxygen atoms in total. The van der Waals surface area contributed by atoms with E-state index in [0.29, 0.717) is 5.92 Å². The van der Waals surface area contributed by atoms with E-state index in [2.05, 4.69) is 191 Å². The van der Waals surface area contributed by atoms with Gasteiger partial charge in [-0.25, -0.2) is 4.99 Å². The SMILES string of the molecule is C1=CC2c3ccccc3N(c3ccc4oc5ccc(-c6ccc7c(c6)sc6cc(C8N=C(c9ccccc9)NC(c9ccccc9)N8)ccc67)cc5c4c3)C2C=C1. The molecule has 0 radical (unpaired) electrons. The summed E-state index contributed by atoms with van der Waals surface area (Å²) in [5.74, 6) is 1.24. The summed E-state index contributed by atoms with van der Waals surface area (Å²) < 4.78 is 8.94. The molecule has 0 spiro atoms. The Balaban J connectivity index is 0.898. The molecule has 3 aliphatic rings. The van der Waals surface area contributed by atoms with E-state index in [4.69, 9.17) is 9.41 Å². The number of nitrogens with one attached hydrogen (secondary N) is 2. The average molecular weight is 753 g/mol. The van der Waals surface area contributed by atoms with Gasteiger partial charge in [0, 0.05) is 53.8 Å². The smallest absolute Gasteiger partial charge is 0.135 e. The lowest BCUT2D eigenvalue weighted by Crippen LogP contribution is -2.44. The molecular formula is C51H36N4OS.